The van der Waals surface area contributed by atoms with E-state index in [4.69, 9.17) is 11.5 Å². The third-order valence-electron chi connectivity index (χ3n) is 2.37. The molecule has 0 unspecified atom stereocenters. The second-order valence-corrected chi connectivity index (χ2v) is 3.72. The van der Waals surface area contributed by atoms with Crippen molar-refractivity contribution in [3.05, 3.63) is 36.3 Å². The molecule has 1 heterocycles. The summed E-state index contributed by atoms with van der Waals surface area (Å²) in [5.41, 5.74) is 12.9. The first kappa shape index (κ1) is 12.3. The predicted octanol–water partition coefficient (Wildman–Crippen LogP) is 1.24. The maximum absolute atomic E-state index is 13.2. The number of aromatic nitrogens is 2. The highest BCUT2D eigenvalue weighted by Crippen LogP contribution is 2.26. The van der Waals surface area contributed by atoms with Crippen molar-refractivity contribution in [3.8, 4) is 11.3 Å². The molecule has 1 aromatic heterocycles. The zero-order chi connectivity index (χ0) is 13.0. The zero-order valence-electron chi connectivity index (χ0n) is 9.73. The van der Waals surface area contributed by atoms with Gasteiger partial charge in [-0.3, -0.25) is 0 Å². The monoisotopic (exact) mass is 247 g/mol. The van der Waals surface area contributed by atoms with E-state index in [1.54, 1.807) is 18.3 Å². The summed E-state index contributed by atoms with van der Waals surface area (Å²) in [4.78, 5) is 8.04. The van der Waals surface area contributed by atoms with Crippen molar-refractivity contribution < 1.29 is 4.39 Å². The van der Waals surface area contributed by atoms with Gasteiger partial charge in [0.05, 0.1) is 17.6 Å². The lowest BCUT2D eigenvalue weighted by molar-refractivity contribution is 0.628. The van der Waals surface area contributed by atoms with Crippen molar-refractivity contribution in [2.75, 3.05) is 24.1 Å². The SMILES string of the molecule is NCCNc1cnc(N)nc1-c1cccc(F)c1. The molecule has 2 aromatic rings. The number of hydrogen-bond acceptors (Lipinski definition) is 5. The van der Waals surface area contributed by atoms with Gasteiger partial charge in [-0.05, 0) is 12.1 Å². The summed E-state index contributed by atoms with van der Waals surface area (Å²) in [6.45, 7) is 1.06. The van der Waals surface area contributed by atoms with Gasteiger partial charge in [-0.15, -0.1) is 0 Å². The number of anilines is 2. The standard InChI is InChI=1S/C12H14FN5/c13-9-3-1-2-8(6-9)11-10(16-5-4-14)7-17-12(15)18-11/h1-3,6-7,16H,4-5,14H2,(H2,15,17,18). The van der Waals surface area contributed by atoms with Gasteiger partial charge in [0.25, 0.3) is 0 Å². The van der Waals surface area contributed by atoms with Crippen LogP contribution in [-0.2, 0) is 0 Å². The Hall–Kier alpha value is -2.21. The van der Waals surface area contributed by atoms with Gasteiger partial charge in [0.1, 0.15) is 5.82 Å². The maximum Gasteiger partial charge on any atom is 0.220 e. The molecule has 0 aliphatic carbocycles. The van der Waals surface area contributed by atoms with Crippen LogP contribution < -0.4 is 16.8 Å². The van der Waals surface area contributed by atoms with E-state index < -0.39 is 0 Å². The first-order valence-corrected chi connectivity index (χ1v) is 5.53. The fourth-order valence-electron chi connectivity index (χ4n) is 1.59. The van der Waals surface area contributed by atoms with E-state index in [1.807, 2.05) is 0 Å². The fourth-order valence-corrected chi connectivity index (χ4v) is 1.59. The Balaban J connectivity index is 2.44. The summed E-state index contributed by atoms with van der Waals surface area (Å²) in [6, 6.07) is 6.16. The summed E-state index contributed by atoms with van der Waals surface area (Å²) in [5, 5.41) is 3.08. The highest BCUT2D eigenvalue weighted by atomic mass is 19.1. The molecule has 0 aliphatic rings. The van der Waals surface area contributed by atoms with Gasteiger partial charge in [-0.25, -0.2) is 14.4 Å². The molecule has 0 saturated heterocycles. The van der Waals surface area contributed by atoms with Crippen LogP contribution in [0.15, 0.2) is 30.5 Å². The van der Waals surface area contributed by atoms with E-state index >= 15 is 0 Å². The number of rotatable bonds is 4. The zero-order valence-corrected chi connectivity index (χ0v) is 9.73. The van der Waals surface area contributed by atoms with Crippen LogP contribution in [0.25, 0.3) is 11.3 Å². The quantitative estimate of drug-likeness (QED) is 0.756. The minimum atomic E-state index is -0.325. The Morgan fingerprint density at radius 2 is 2.17 bits per heavy atom. The van der Waals surface area contributed by atoms with Crippen molar-refractivity contribution in [2.24, 2.45) is 5.73 Å². The van der Waals surface area contributed by atoms with Crippen molar-refractivity contribution in [1.82, 2.24) is 9.97 Å². The topological polar surface area (TPSA) is 89.8 Å². The number of halogens is 1. The molecule has 0 aliphatic heterocycles. The average molecular weight is 247 g/mol. The fraction of sp³-hybridized carbons (Fsp3) is 0.167. The van der Waals surface area contributed by atoms with Gasteiger partial charge < -0.3 is 16.8 Å². The van der Waals surface area contributed by atoms with Gasteiger partial charge in [0, 0.05) is 18.7 Å². The van der Waals surface area contributed by atoms with E-state index in [0.717, 1.165) is 0 Å². The van der Waals surface area contributed by atoms with Crippen LogP contribution in [0.2, 0.25) is 0 Å². The van der Waals surface area contributed by atoms with Gasteiger partial charge in [0.15, 0.2) is 0 Å². The molecule has 94 valence electrons. The van der Waals surface area contributed by atoms with E-state index in [1.165, 1.54) is 12.1 Å². The molecule has 0 bridgehead atoms. The van der Waals surface area contributed by atoms with Crippen LogP contribution >= 0.6 is 0 Å². The molecule has 5 nitrogen and oxygen atoms in total. The van der Waals surface area contributed by atoms with Crippen molar-refractivity contribution >= 4 is 11.6 Å². The lowest BCUT2D eigenvalue weighted by Gasteiger charge is -2.10. The highest BCUT2D eigenvalue weighted by Gasteiger charge is 2.08. The van der Waals surface area contributed by atoms with Crippen molar-refractivity contribution in [1.29, 1.82) is 0 Å². The maximum atomic E-state index is 13.2. The van der Waals surface area contributed by atoms with Gasteiger partial charge in [-0.2, -0.15) is 0 Å². The molecule has 2 rings (SSSR count). The Labute approximate surface area is 104 Å². The summed E-state index contributed by atoms with van der Waals surface area (Å²) in [5.74, 6) is -0.179. The minimum absolute atomic E-state index is 0.146. The third kappa shape index (κ3) is 2.72. The van der Waals surface area contributed by atoms with E-state index in [-0.39, 0.29) is 11.8 Å². The number of nitrogen functional groups attached to an aromatic ring is 1. The molecule has 0 spiro atoms. The number of benzene rings is 1. The van der Waals surface area contributed by atoms with Gasteiger partial charge in [0.2, 0.25) is 5.95 Å². The normalized spacial score (nSPS) is 10.3. The molecule has 0 saturated carbocycles. The molecule has 5 N–H and O–H groups in total. The molecule has 18 heavy (non-hydrogen) atoms. The highest BCUT2D eigenvalue weighted by molar-refractivity contribution is 5.74. The van der Waals surface area contributed by atoms with Crippen LogP contribution in [-0.4, -0.2) is 23.1 Å². The lowest BCUT2D eigenvalue weighted by atomic mass is 10.1. The van der Waals surface area contributed by atoms with E-state index in [2.05, 4.69) is 15.3 Å². The molecule has 1 aromatic carbocycles. The number of nitrogens with zero attached hydrogens (tertiary/aromatic N) is 2. The number of nitrogens with one attached hydrogen (secondary N) is 1. The van der Waals surface area contributed by atoms with E-state index in [0.29, 0.717) is 30.0 Å². The van der Waals surface area contributed by atoms with Crippen LogP contribution in [0.3, 0.4) is 0 Å². The molecular formula is C12H14FN5. The number of hydrogen-bond donors (Lipinski definition) is 3. The largest absolute Gasteiger partial charge is 0.381 e. The summed E-state index contributed by atoms with van der Waals surface area (Å²) in [6.07, 6.45) is 1.57. The molecule has 0 radical (unpaired) electrons. The Morgan fingerprint density at radius 1 is 1.33 bits per heavy atom. The van der Waals surface area contributed by atoms with Crippen LogP contribution in [0.4, 0.5) is 16.0 Å². The van der Waals surface area contributed by atoms with Crippen molar-refractivity contribution in [2.45, 2.75) is 0 Å². The molecular weight excluding hydrogens is 233 g/mol. The Bertz CT molecular complexity index is 544. The van der Waals surface area contributed by atoms with E-state index in [9.17, 15) is 4.39 Å². The van der Waals surface area contributed by atoms with Crippen LogP contribution in [0.1, 0.15) is 0 Å². The minimum Gasteiger partial charge on any atom is -0.381 e. The lowest BCUT2D eigenvalue weighted by Crippen LogP contribution is -2.14. The summed E-state index contributed by atoms with van der Waals surface area (Å²) in [7, 11) is 0. The molecule has 0 fully saturated rings. The van der Waals surface area contributed by atoms with Crippen LogP contribution in [0.5, 0.6) is 0 Å². The van der Waals surface area contributed by atoms with Crippen molar-refractivity contribution in [3.63, 3.8) is 0 Å². The first-order valence-electron chi connectivity index (χ1n) is 5.53. The second-order valence-electron chi connectivity index (χ2n) is 3.72. The molecule has 0 atom stereocenters. The number of nitrogens with two attached hydrogens (primary N) is 2. The Morgan fingerprint density at radius 3 is 2.89 bits per heavy atom. The third-order valence-corrected chi connectivity index (χ3v) is 2.37. The summed E-state index contributed by atoms with van der Waals surface area (Å²) >= 11 is 0. The predicted molar refractivity (Wildman–Crippen MR) is 69.4 cm³/mol. The smallest absolute Gasteiger partial charge is 0.220 e. The van der Waals surface area contributed by atoms with Crippen LogP contribution in [0, 0.1) is 5.82 Å². The average Bonchev–Trinajstić information content (AvgIpc) is 2.37. The summed E-state index contributed by atoms with van der Waals surface area (Å²) < 4.78 is 13.2. The first-order chi connectivity index (χ1) is 8.70. The molecule has 6 heteroatoms. The molecule has 0 amide bonds. The van der Waals surface area contributed by atoms with Gasteiger partial charge >= 0.3 is 0 Å². The second kappa shape index (κ2) is 5.42. The van der Waals surface area contributed by atoms with Gasteiger partial charge in [-0.1, -0.05) is 12.1 Å². The Kier molecular flexibility index (Phi) is 3.69.